The average molecular weight is 392 g/mol. The lowest BCUT2D eigenvalue weighted by atomic mass is 9.95. The summed E-state index contributed by atoms with van der Waals surface area (Å²) in [5.41, 5.74) is 0.739. The van der Waals surface area contributed by atoms with Crippen molar-refractivity contribution in [3.05, 3.63) is 42.9 Å². The van der Waals surface area contributed by atoms with Crippen LogP contribution in [-0.4, -0.2) is 74.9 Å². The lowest BCUT2D eigenvalue weighted by Gasteiger charge is -2.39. The standard InChI is InChI=1S/C20H24N8O/c29-20(27-13-11-26(12-14-27)17-3-1-2-8-21-17)16-6-9-25(10-7-16)19-5-4-18-23-22-15-28(18)24-19/h1-5,8,15-16H,6-7,9-14H2. The molecule has 5 rings (SSSR count). The number of hydrogen-bond acceptors (Lipinski definition) is 7. The van der Waals surface area contributed by atoms with Gasteiger partial charge in [-0.25, -0.2) is 4.98 Å². The van der Waals surface area contributed by atoms with Crippen molar-refractivity contribution >= 4 is 23.2 Å². The Hall–Kier alpha value is -3.23. The third-order valence-electron chi connectivity index (χ3n) is 5.88. The van der Waals surface area contributed by atoms with E-state index in [0.29, 0.717) is 5.91 Å². The number of hydrogen-bond donors (Lipinski definition) is 0. The minimum absolute atomic E-state index is 0.103. The molecule has 0 unspecified atom stereocenters. The summed E-state index contributed by atoms with van der Waals surface area (Å²) in [5.74, 6) is 2.30. The summed E-state index contributed by atoms with van der Waals surface area (Å²) in [6, 6.07) is 9.86. The second-order valence-corrected chi connectivity index (χ2v) is 7.59. The third kappa shape index (κ3) is 3.59. The zero-order chi connectivity index (χ0) is 19.6. The third-order valence-corrected chi connectivity index (χ3v) is 5.88. The van der Waals surface area contributed by atoms with Crippen LogP contribution in [0.1, 0.15) is 12.8 Å². The topological polar surface area (TPSA) is 82.8 Å². The maximum absolute atomic E-state index is 13.0. The number of carbonyl (C=O) groups excluding carboxylic acids is 1. The SMILES string of the molecule is O=C(C1CCN(c2ccc3nncn3n2)CC1)N1CCN(c2ccccn2)CC1. The minimum Gasteiger partial charge on any atom is -0.355 e. The summed E-state index contributed by atoms with van der Waals surface area (Å²) in [6.45, 7) is 4.88. The van der Waals surface area contributed by atoms with Crippen molar-refractivity contribution in [3.8, 4) is 0 Å². The number of anilines is 2. The molecule has 5 heterocycles. The minimum atomic E-state index is 0.103. The predicted octanol–water partition coefficient (Wildman–Crippen LogP) is 1.08. The second kappa shape index (κ2) is 7.65. The summed E-state index contributed by atoms with van der Waals surface area (Å²) >= 11 is 0. The Balaban J connectivity index is 1.15. The highest BCUT2D eigenvalue weighted by Gasteiger charge is 2.31. The maximum atomic E-state index is 13.0. The first-order valence-electron chi connectivity index (χ1n) is 10.1. The van der Waals surface area contributed by atoms with Gasteiger partial charge in [0.25, 0.3) is 0 Å². The first-order chi connectivity index (χ1) is 14.3. The number of nitrogens with zero attached hydrogens (tertiary/aromatic N) is 8. The largest absolute Gasteiger partial charge is 0.355 e. The first kappa shape index (κ1) is 17.8. The number of pyridine rings is 1. The molecule has 1 amide bonds. The van der Waals surface area contributed by atoms with Gasteiger partial charge in [-0.2, -0.15) is 4.52 Å². The van der Waals surface area contributed by atoms with Crippen LogP contribution < -0.4 is 9.80 Å². The molecule has 0 atom stereocenters. The van der Waals surface area contributed by atoms with Gasteiger partial charge >= 0.3 is 0 Å². The fourth-order valence-electron chi connectivity index (χ4n) is 4.20. The Kier molecular flexibility index (Phi) is 4.71. The van der Waals surface area contributed by atoms with Crippen LogP contribution in [0.5, 0.6) is 0 Å². The van der Waals surface area contributed by atoms with E-state index >= 15 is 0 Å². The van der Waals surface area contributed by atoms with E-state index in [0.717, 1.165) is 69.4 Å². The fraction of sp³-hybridized carbons (Fsp3) is 0.450. The number of piperazine rings is 1. The summed E-state index contributed by atoms with van der Waals surface area (Å²) in [6.07, 6.45) is 5.15. The van der Waals surface area contributed by atoms with Gasteiger partial charge in [0.2, 0.25) is 5.91 Å². The van der Waals surface area contributed by atoms with Gasteiger partial charge in [-0.05, 0) is 37.1 Å². The molecule has 9 heteroatoms. The average Bonchev–Trinajstić information content (AvgIpc) is 3.27. The molecule has 9 nitrogen and oxygen atoms in total. The molecule has 0 aliphatic carbocycles. The Morgan fingerprint density at radius 1 is 0.897 bits per heavy atom. The van der Waals surface area contributed by atoms with Gasteiger partial charge in [0.05, 0.1) is 0 Å². The van der Waals surface area contributed by atoms with E-state index in [-0.39, 0.29) is 5.92 Å². The van der Waals surface area contributed by atoms with Crippen molar-refractivity contribution < 1.29 is 4.79 Å². The molecule has 0 bridgehead atoms. The zero-order valence-electron chi connectivity index (χ0n) is 16.3. The Morgan fingerprint density at radius 2 is 1.69 bits per heavy atom. The molecule has 2 fully saturated rings. The Labute approximate surface area is 169 Å². The molecular weight excluding hydrogens is 368 g/mol. The number of aromatic nitrogens is 5. The molecule has 0 N–H and O–H groups in total. The van der Waals surface area contributed by atoms with E-state index in [1.807, 2.05) is 41.4 Å². The highest BCUT2D eigenvalue weighted by Crippen LogP contribution is 2.24. The Bertz CT molecular complexity index is 974. The number of rotatable bonds is 3. The van der Waals surface area contributed by atoms with Crippen LogP contribution in [0.2, 0.25) is 0 Å². The van der Waals surface area contributed by atoms with Gasteiger partial charge in [-0.3, -0.25) is 4.79 Å². The summed E-state index contributed by atoms with van der Waals surface area (Å²) in [4.78, 5) is 23.9. The van der Waals surface area contributed by atoms with E-state index in [1.165, 1.54) is 0 Å². The molecule has 2 saturated heterocycles. The van der Waals surface area contributed by atoms with Crippen LogP contribution in [0.3, 0.4) is 0 Å². The number of amides is 1. The second-order valence-electron chi connectivity index (χ2n) is 7.59. The molecule has 3 aromatic rings. The van der Waals surface area contributed by atoms with Crippen LogP contribution in [0.4, 0.5) is 11.6 Å². The molecular formula is C20H24N8O. The molecule has 0 saturated carbocycles. The van der Waals surface area contributed by atoms with Gasteiger partial charge in [0.15, 0.2) is 5.65 Å². The van der Waals surface area contributed by atoms with Gasteiger partial charge in [0.1, 0.15) is 18.0 Å². The summed E-state index contributed by atoms with van der Waals surface area (Å²) in [5, 5.41) is 12.4. The van der Waals surface area contributed by atoms with E-state index in [4.69, 9.17) is 0 Å². The molecule has 0 aromatic carbocycles. The van der Waals surface area contributed by atoms with Crippen LogP contribution in [-0.2, 0) is 4.79 Å². The highest BCUT2D eigenvalue weighted by molar-refractivity contribution is 5.79. The van der Waals surface area contributed by atoms with Gasteiger partial charge < -0.3 is 14.7 Å². The van der Waals surface area contributed by atoms with Crippen molar-refractivity contribution in [2.45, 2.75) is 12.8 Å². The first-order valence-corrected chi connectivity index (χ1v) is 10.1. The predicted molar refractivity (Wildman–Crippen MR) is 109 cm³/mol. The zero-order valence-corrected chi connectivity index (χ0v) is 16.3. The molecule has 2 aliphatic rings. The molecule has 3 aromatic heterocycles. The lowest BCUT2D eigenvalue weighted by Crippen LogP contribution is -2.52. The quantitative estimate of drug-likeness (QED) is 0.660. The normalized spacial score (nSPS) is 18.4. The van der Waals surface area contributed by atoms with Crippen molar-refractivity contribution in [1.82, 2.24) is 29.7 Å². The van der Waals surface area contributed by atoms with E-state index in [2.05, 4.69) is 30.1 Å². The lowest BCUT2D eigenvalue weighted by molar-refractivity contribution is -0.136. The molecule has 0 spiro atoms. The van der Waals surface area contributed by atoms with Crippen molar-refractivity contribution in [3.63, 3.8) is 0 Å². The molecule has 29 heavy (non-hydrogen) atoms. The molecule has 0 radical (unpaired) electrons. The number of fused-ring (bicyclic) bond motifs is 1. The van der Waals surface area contributed by atoms with Crippen molar-refractivity contribution in [1.29, 1.82) is 0 Å². The highest BCUT2D eigenvalue weighted by atomic mass is 16.2. The summed E-state index contributed by atoms with van der Waals surface area (Å²) < 4.78 is 1.69. The number of piperidine rings is 1. The van der Waals surface area contributed by atoms with Crippen molar-refractivity contribution in [2.24, 2.45) is 5.92 Å². The molecule has 2 aliphatic heterocycles. The Morgan fingerprint density at radius 3 is 2.45 bits per heavy atom. The van der Waals surface area contributed by atoms with Gasteiger partial charge in [-0.1, -0.05) is 6.07 Å². The van der Waals surface area contributed by atoms with Crippen LogP contribution in [0, 0.1) is 5.92 Å². The van der Waals surface area contributed by atoms with Gasteiger partial charge in [0, 0.05) is 51.4 Å². The smallest absolute Gasteiger partial charge is 0.225 e. The fourth-order valence-corrected chi connectivity index (χ4v) is 4.20. The van der Waals surface area contributed by atoms with Crippen LogP contribution >= 0.6 is 0 Å². The van der Waals surface area contributed by atoms with E-state index < -0.39 is 0 Å². The maximum Gasteiger partial charge on any atom is 0.225 e. The van der Waals surface area contributed by atoms with Gasteiger partial charge in [-0.15, -0.1) is 15.3 Å². The summed E-state index contributed by atoms with van der Waals surface area (Å²) in [7, 11) is 0. The van der Waals surface area contributed by atoms with Crippen LogP contribution in [0.15, 0.2) is 42.9 Å². The molecule has 150 valence electrons. The monoisotopic (exact) mass is 392 g/mol. The van der Waals surface area contributed by atoms with E-state index in [9.17, 15) is 4.79 Å². The van der Waals surface area contributed by atoms with Crippen LogP contribution in [0.25, 0.3) is 5.65 Å². The number of carbonyl (C=O) groups is 1. The van der Waals surface area contributed by atoms with Crippen molar-refractivity contribution in [2.75, 3.05) is 49.1 Å². The van der Waals surface area contributed by atoms with E-state index in [1.54, 1.807) is 10.8 Å².